The topological polar surface area (TPSA) is 49.0 Å². The number of hydrogen-bond acceptors (Lipinski definition) is 5. The van der Waals surface area contributed by atoms with Crippen molar-refractivity contribution in [1.29, 1.82) is 0 Å². The molecule has 4 heterocycles. The molecule has 0 fully saturated rings. The predicted octanol–water partition coefficient (Wildman–Crippen LogP) is 5.23. The van der Waals surface area contributed by atoms with Crippen LogP contribution >= 0.6 is 22.7 Å². The number of anilines is 1. The summed E-state index contributed by atoms with van der Waals surface area (Å²) in [5, 5.41) is 4.78. The number of aryl methyl sites for hydroxylation is 1. The molecule has 6 heteroatoms. The first-order valence-corrected chi connectivity index (χ1v) is 10.9. The Morgan fingerprint density at radius 2 is 2.07 bits per heavy atom. The van der Waals surface area contributed by atoms with Crippen LogP contribution in [0.2, 0.25) is 0 Å². The highest BCUT2D eigenvalue weighted by Crippen LogP contribution is 2.36. The molecular formula is C21H19N3OS2. The van der Waals surface area contributed by atoms with Crippen molar-refractivity contribution in [1.82, 2.24) is 9.97 Å². The van der Waals surface area contributed by atoms with Crippen LogP contribution in [0.15, 0.2) is 52.0 Å². The van der Waals surface area contributed by atoms with Crippen LogP contribution in [-0.4, -0.2) is 16.5 Å². The Morgan fingerprint density at radius 3 is 2.93 bits per heavy atom. The first-order valence-electron chi connectivity index (χ1n) is 9.12. The van der Waals surface area contributed by atoms with Crippen LogP contribution in [0.25, 0.3) is 20.7 Å². The molecule has 27 heavy (non-hydrogen) atoms. The van der Waals surface area contributed by atoms with Crippen molar-refractivity contribution in [3.63, 3.8) is 0 Å². The molecule has 1 aliphatic heterocycles. The fourth-order valence-corrected chi connectivity index (χ4v) is 5.66. The van der Waals surface area contributed by atoms with Crippen molar-refractivity contribution in [2.45, 2.75) is 25.8 Å². The summed E-state index contributed by atoms with van der Waals surface area (Å²) in [4.78, 5) is 25.1. The Morgan fingerprint density at radius 1 is 1.19 bits per heavy atom. The van der Waals surface area contributed by atoms with Gasteiger partial charge in [0.15, 0.2) is 0 Å². The summed E-state index contributed by atoms with van der Waals surface area (Å²) < 4.78 is 0. The lowest BCUT2D eigenvalue weighted by molar-refractivity contribution is 0.592. The van der Waals surface area contributed by atoms with Crippen LogP contribution in [0.3, 0.4) is 0 Å². The number of benzene rings is 1. The summed E-state index contributed by atoms with van der Waals surface area (Å²) in [6.07, 6.45) is 2.23. The fourth-order valence-electron chi connectivity index (χ4n) is 3.89. The van der Waals surface area contributed by atoms with E-state index in [1.807, 2.05) is 22.9 Å². The highest BCUT2D eigenvalue weighted by Gasteiger charge is 2.24. The second-order valence-electron chi connectivity index (χ2n) is 6.86. The van der Waals surface area contributed by atoms with E-state index in [1.165, 1.54) is 11.3 Å². The largest absolute Gasteiger partial charge is 0.361 e. The van der Waals surface area contributed by atoms with Gasteiger partial charge in [0, 0.05) is 28.1 Å². The molecule has 0 bridgehead atoms. The second kappa shape index (κ2) is 6.62. The van der Waals surface area contributed by atoms with Crippen LogP contribution in [-0.2, 0) is 6.42 Å². The zero-order chi connectivity index (χ0) is 18.4. The molecule has 3 aromatic heterocycles. The Kier molecular flexibility index (Phi) is 4.10. The molecule has 1 aliphatic rings. The zero-order valence-electron chi connectivity index (χ0n) is 14.9. The number of aromatic nitrogens is 2. The maximum atomic E-state index is 12.9. The van der Waals surface area contributed by atoms with Gasteiger partial charge in [-0.3, -0.25) is 4.79 Å². The van der Waals surface area contributed by atoms with Crippen molar-refractivity contribution in [3.8, 4) is 10.4 Å². The third-order valence-corrected chi connectivity index (χ3v) is 7.03. The Bertz CT molecular complexity index is 1160. The van der Waals surface area contributed by atoms with E-state index in [-0.39, 0.29) is 11.6 Å². The van der Waals surface area contributed by atoms with Gasteiger partial charge in [-0.2, -0.15) is 0 Å². The van der Waals surface area contributed by atoms with E-state index in [0.717, 1.165) is 40.5 Å². The van der Waals surface area contributed by atoms with Gasteiger partial charge in [-0.15, -0.1) is 22.7 Å². The molecular weight excluding hydrogens is 374 g/mol. The molecule has 0 spiro atoms. The van der Waals surface area contributed by atoms with E-state index in [0.29, 0.717) is 5.39 Å². The Hall–Kier alpha value is -2.44. The average molecular weight is 394 g/mol. The van der Waals surface area contributed by atoms with Gasteiger partial charge in [0.1, 0.15) is 10.7 Å². The molecule has 4 aromatic rings. The smallest absolute Gasteiger partial charge is 0.260 e. The third kappa shape index (κ3) is 2.80. The first-order chi connectivity index (χ1) is 13.2. The maximum absolute atomic E-state index is 12.9. The number of fused-ring (bicyclic) bond motifs is 2. The van der Waals surface area contributed by atoms with E-state index < -0.39 is 0 Å². The Balaban J connectivity index is 1.58. The van der Waals surface area contributed by atoms with Crippen molar-refractivity contribution in [2.75, 3.05) is 11.4 Å². The minimum absolute atomic E-state index is 0.0239. The molecule has 5 rings (SSSR count). The van der Waals surface area contributed by atoms with Gasteiger partial charge in [-0.25, -0.2) is 4.98 Å². The van der Waals surface area contributed by atoms with E-state index in [9.17, 15) is 4.79 Å². The fraction of sp³-hybridized carbons (Fsp3) is 0.238. The van der Waals surface area contributed by atoms with Crippen molar-refractivity contribution in [2.24, 2.45) is 0 Å². The van der Waals surface area contributed by atoms with Crippen molar-refractivity contribution in [3.05, 3.63) is 68.9 Å². The maximum Gasteiger partial charge on any atom is 0.260 e. The van der Waals surface area contributed by atoms with Crippen LogP contribution in [0.5, 0.6) is 0 Å². The lowest BCUT2D eigenvalue weighted by Crippen LogP contribution is -2.33. The summed E-state index contributed by atoms with van der Waals surface area (Å²) in [6, 6.07) is 12.6. The van der Waals surface area contributed by atoms with Gasteiger partial charge in [0.25, 0.3) is 5.56 Å². The lowest BCUT2D eigenvalue weighted by Gasteiger charge is -2.35. The minimum Gasteiger partial charge on any atom is -0.361 e. The number of nitrogens with zero attached hydrogens (tertiary/aromatic N) is 2. The average Bonchev–Trinajstić information content (AvgIpc) is 3.36. The summed E-state index contributed by atoms with van der Waals surface area (Å²) in [5.74, 6) is 0.740. The van der Waals surface area contributed by atoms with Gasteiger partial charge >= 0.3 is 0 Å². The first kappa shape index (κ1) is 16.7. The van der Waals surface area contributed by atoms with Gasteiger partial charge in [0.2, 0.25) is 0 Å². The standard InChI is InChI=1S/C21H19N3OS2/c1-13(24-10-4-7-14-6-2-3-8-16(14)24)19-22-20(25)18-15(12-27-21(18)23-19)17-9-5-11-26-17/h2-3,5-6,8-9,11-13H,4,7,10H2,1H3,(H,22,23,25)/t13-/m1/s1. The van der Waals surface area contributed by atoms with E-state index >= 15 is 0 Å². The highest BCUT2D eigenvalue weighted by molar-refractivity contribution is 7.18. The number of nitrogens with one attached hydrogen (secondary N) is 1. The zero-order valence-corrected chi connectivity index (χ0v) is 16.6. The van der Waals surface area contributed by atoms with Crippen LogP contribution in [0.1, 0.15) is 30.8 Å². The molecule has 4 nitrogen and oxygen atoms in total. The molecule has 0 saturated carbocycles. The van der Waals surface area contributed by atoms with E-state index in [1.54, 1.807) is 22.7 Å². The van der Waals surface area contributed by atoms with Crippen molar-refractivity contribution < 1.29 is 0 Å². The second-order valence-corrected chi connectivity index (χ2v) is 8.67. The van der Waals surface area contributed by atoms with Gasteiger partial charge < -0.3 is 9.88 Å². The van der Waals surface area contributed by atoms with Gasteiger partial charge in [-0.05, 0) is 42.8 Å². The quantitative estimate of drug-likeness (QED) is 0.519. The highest BCUT2D eigenvalue weighted by atomic mass is 32.1. The number of hydrogen-bond donors (Lipinski definition) is 1. The summed E-state index contributed by atoms with van der Waals surface area (Å²) >= 11 is 3.19. The Labute approximate surface area is 165 Å². The van der Waals surface area contributed by atoms with E-state index in [2.05, 4.69) is 41.1 Å². The number of para-hydroxylation sites is 1. The van der Waals surface area contributed by atoms with E-state index in [4.69, 9.17) is 4.98 Å². The number of rotatable bonds is 3. The molecule has 136 valence electrons. The molecule has 0 radical (unpaired) electrons. The summed E-state index contributed by atoms with van der Waals surface area (Å²) in [7, 11) is 0. The summed E-state index contributed by atoms with van der Waals surface area (Å²) in [5.41, 5.74) is 3.57. The van der Waals surface area contributed by atoms with Crippen molar-refractivity contribution >= 4 is 38.6 Å². The molecule has 1 atom stereocenters. The molecule has 1 aromatic carbocycles. The number of thiophene rings is 2. The monoisotopic (exact) mass is 393 g/mol. The number of H-pyrrole nitrogens is 1. The normalized spacial score (nSPS) is 15.1. The molecule has 0 unspecified atom stereocenters. The SMILES string of the molecule is C[C@H](c1nc2scc(-c3cccs3)c2c(=O)[nH]1)N1CCCc2ccccc21. The van der Waals surface area contributed by atoms with Gasteiger partial charge in [-0.1, -0.05) is 24.3 Å². The molecule has 0 saturated heterocycles. The molecule has 1 N–H and O–H groups in total. The molecule has 0 amide bonds. The third-order valence-electron chi connectivity index (χ3n) is 5.26. The van der Waals surface area contributed by atoms with Crippen LogP contribution in [0.4, 0.5) is 5.69 Å². The van der Waals surface area contributed by atoms with Gasteiger partial charge in [0.05, 0.1) is 11.4 Å². The summed E-state index contributed by atoms with van der Waals surface area (Å²) in [6.45, 7) is 3.10. The number of aromatic amines is 1. The van der Waals surface area contributed by atoms with Crippen LogP contribution in [0, 0.1) is 0 Å². The molecule has 0 aliphatic carbocycles. The van der Waals surface area contributed by atoms with Crippen LogP contribution < -0.4 is 10.5 Å². The predicted molar refractivity (Wildman–Crippen MR) is 114 cm³/mol. The lowest BCUT2D eigenvalue weighted by atomic mass is 10.00. The minimum atomic E-state index is -0.0446.